The van der Waals surface area contributed by atoms with Crippen LogP contribution in [0.25, 0.3) is 0 Å². The molecule has 2 heterocycles. The molecule has 0 spiro atoms. The van der Waals surface area contributed by atoms with E-state index < -0.39 is 0 Å². The Hall–Kier alpha value is -1.88. The van der Waals surface area contributed by atoms with Crippen molar-refractivity contribution in [3.05, 3.63) is 48.7 Å². The van der Waals surface area contributed by atoms with Crippen LogP contribution in [0.5, 0.6) is 0 Å². The first-order chi connectivity index (χ1) is 9.72. The molecule has 1 fully saturated rings. The third-order valence-electron chi connectivity index (χ3n) is 3.18. The van der Waals surface area contributed by atoms with Crippen LogP contribution in [0.15, 0.2) is 48.7 Å². The Morgan fingerprint density at radius 3 is 2.60 bits per heavy atom. The predicted octanol–water partition coefficient (Wildman–Crippen LogP) is 3.33. The van der Waals surface area contributed by atoms with Crippen molar-refractivity contribution in [1.29, 1.82) is 0 Å². The number of halogens is 1. The number of carbonyl (C=O) groups excluding carboxylic acids is 1. The summed E-state index contributed by atoms with van der Waals surface area (Å²) in [7, 11) is 0. The fraction of sp³-hybridized carbons (Fsp3) is 0.200. The van der Waals surface area contributed by atoms with Crippen molar-refractivity contribution in [3.8, 4) is 0 Å². The number of anilines is 3. The van der Waals surface area contributed by atoms with Crippen LogP contribution < -0.4 is 10.2 Å². The molecule has 4 nitrogen and oxygen atoms in total. The molecular weight excluding hydrogens is 318 g/mol. The molecule has 3 rings (SSSR count). The number of para-hydroxylation sites is 1. The van der Waals surface area contributed by atoms with Gasteiger partial charge in [0.05, 0.1) is 11.9 Å². The predicted molar refractivity (Wildman–Crippen MR) is 83.6 cm³/mol. The number of alkyl halides is 1. The van der Waals surface area contributed by atoms with Crippen LogP contribution in [-0.4, -0.2) is 22.3 Å². The Balaban J connectivity index is 1.73. The fourth-order valence-corrected chi connectivity index (χ4v) is 2.77. The van der Waals surface area contributed by atoms with Gasteiger partial charge in [-0.25, -0.2) is 4.98 Å². The summed E-state index contributed by atoms with van der Waals surface area (Å²) in [6.07, 6.45) is 2.28. The number of carbonyl (C=O) groups is 1. The van der Waals surface area contributed by atoms with Gasteiger partial charge in [-0.3, -0.25) is 4.79 Å². The zero-order valence-corrected chi connectivity index (χ0v) is 12.4. The molecule has 1 amide bonds. The van der Waals surface area contributed by atoms with Crippen LogP contribution in [0.1, 0.15) is 6.42 Å². The van der Waals surface area contributed by atoms with Gasteiger partial charge in [0.15, 0.2) is 0 Å². The van der Waals surface area contributed by atoms with E-state index in [4.69, 9.17) is 0 Å². The average molecular weight is 332 g/mol. The van der Waals surface area contributed by atoms with Crippen molar-refractivity contribution in [2.24, 2.45) is 0 Å². The van der Waals surface area contributed by atoms with Crippen LogP contribution in [0.4, 0.5) is 17.2 Å². The minimum atomic E-state index is 0.137. The van der Waals surface area contributed by atoms with Crippen LogP contribution in [0.3, 0.4) is 0 Å². The molecule has 1 aliphatic rings. The van der Waals surface area contributed by atoms with Crippen molar-refractivity contribution in [1.82, 2.24) is 4.98 Å². The monoisotopic (exact) mass is 331 g/mol. The molecule has 1 unspecified atom stereocenters. The largest absolute Gasteiger partial charge is 0.340 e. The van der Waals surface area contributed by atoms with Crippen molar-refractivity contribution in [2.45, 2.75) is 11.2 Å². The minimum Gasteiger partial charge on any atom is -0.340 e. The van der Waals surface area contributed by atoms with Gasteiger partial charge in [0.2, 0.25) is 5.91 Å². The summed E-state index contributed by atoms with van der Waals surface area (Å²) < 4.78 is 0. The van der Waals surface area contributed by atoms with Crippen molar-refractivity contribution in [3.63, 3.8) is 0 Å². The number of benzene rings is 1. The molecular formula is C15H14BrN3O. The highest BCUT2D eigenvalue weighted by atomic mass is 79.9. The van der Waals surface area contributed by atoms with Gasteiger partial charge < -0.3 is 10.2 Å². The molecule has 20 heavy (non-hydrogen) atoms. The summed E-state index contributed by atoms with van der Waals surface area (Å²) in [6, 6.07) is 13.7. The van der Waals surface area contributed by atoms with E-state index >= 15 is 0 Å². The van der Waals surface area contributed by atoms with Crippen LogP contribution >= 0.6 is 15.9 Å². The van der Waals surface area contributed by atoms with Gasteiger partial charge >= 0.3 is 0 Å². The quantitative estimate of drug-likeness (QED) is 0.877. The standard InChI is InChI=1S/C15H14BrN3O/c16-11-8-15(20)19(10-11)13-6-7-14(17-9-13)18-12-4-2-1-3-5-12/h1-7,9,11H,8,10H2,(H,17,18). The van der Waals surface area contributed by atoms with E-state index in [1.165, 1.54) is 0 Å². The second-order valence-corrected chi connectivity index (χ2v) is 5.99. The number of nitrogens with zero attached hydrogens (tertiary/aromatic N) is 2. The number of hydrogen-bond acceptors (Lipinski definition) is 3. The number of aromatic nitrogens is 1. The highest BCUT2D eigenvalue weighted by molar-refractivity contribution is 9.09. The zero-order valence-electron chi connectivity index (χ0n) is 10.8. The van der Waals surface area contributed by atoms with Gasteiger partial charge in [-0.05, 0) is 24.3 Å². The first-order valence-corrected chi connectivity index (χ1v) is 7.36. The summed E-state index contributed by atoms with van der Waals surface area (Å²) in [5, 5.41) is 3.22. The van der Waals surface area contributed by atoms with Crippen LogP contribution in [0.2, 0.25) is 0 Å². The Bertz CT molecular complexity index is 600. The van der Waals surface area contributed by atoms with Crippen molar-refractivity contribution < 1.29 is 4.79 Å². The lowest BCUT2D eigenvalue weighted by atomic mass is 10.3. The SMILES string of the molecule is O=C1CC(Br)CN1c1ccc(Nc2ccccc2)nc1. The smallest absolute Gasteiger partial charge is 0.228 e. The molecule has 0 aliphatic carbocycles. The third-order valence-corrected chi connectivity index (χ3v) is 3.80. The summed E-state index contributed by atoms with van der Waals surface area (Å²) in [4.78, 5) is 18.2. The molecule has 1 atom stereocenters. The molecule has 0 bridgehead atoms. The van der Waals surface area contributed by atoms with Crippen LogP contribution in [0, 0.1) is 0 Å². The number of nitrogens with one attached hydrogen (secondary N) is 1. The summed E-state index contributed by atoms with van der Waals surface area (Å²) in [6.45, 7) is 0.700. The maximum Gasteiger partial charge on any atom is 0.228 e. The Morgan fingerprint density at radius 2 is 2.00 bits per heavy atom. The molecule has 2 aromatic rings. The van der Waals surface area contributed by atoms with Crippen molar-refractivity contribution in [2.75, 3.05) is 16.8 Å². The van der Waals surface area contributed by atoms with Gasteiger partial charge in [-0.15, -0.1) is 0 Å². The minimum absolute atomic E-state index is 0.137. The van der Waals surface area contributed by atoms with Gasteiger partial charge in [0.25, 0.3) is 0 Å². The van der Waals surface area contributed by atoms with Gasteiger partial charge in [0, 0.05) is 23.5 Å². The highest BCUT2D eigenvalue weighted by Gasteiger charge is 2.28. The number of hydrogen-bond donors (Lipinski definition) is 1. The molecule has 1 aliphatic heterocycles. The second-order valence-electron chi connectivity index (χ2n) is 4.70. The molecule has 1 saturated heterocycles. The topological polar surface area (TPSA) is 45.2 Å². The Kier molecular flexibility index (Phi) is 3.69. The lowest BCUT2D eigenvalue weighted by molar-refractivity contribution is -0.117. The average Bonchev–Trinajstić information content (AvgIpc) is 2.80. The Morgan fingerprint density at radius 1 is 1.20 bits per heavy atom. The third kappa shape index (κ3) is 2.82. The summed E-state index contributed by atoms with van der Waals surface area (Å²) in [5.74, 6) is 0.902. The molecule has 1 aromatic heterocycles. The lowest BCUT2D eigenvalue weighted by Crippen LogP contribution is -2.24. The fourth-order valence-electron chi connectivity index (χ4n) is 2.20. The van der Waals surface area contributed by atoms with Crippen LogP contribution in [-0.2, 0) is 4.79 Å². The van der Waals surface area contributed by atoms with Crippen molar-refractivity contribution >= 4 is 39.0 Å². The number of pyridine rings is 1. The van der Waals surface area contributed by atoms with E-state index in [2.05, 4.69) is 26.2 Å². The first kappa shape index (κ1) is 13.1. The molecule has 102 valence electrons. The molecule has 5 heteroatoms. The van der Waals surface area contributed by atoms with E-state index in [0.29, 0.717) is 13.0 Å². The zero-order chi connectivity index (χ0) is 13.9. The maximum atomic E-state index is 11.8. The Labute approximate surface area is 126 Å². The first-order valence-electron chi connectivity index (χ1n) is 6.45. The van der Waals surface area contributed by atoms with E-state index in [1.54, 1.807) is 11.1 Å². The maximum absolute atomic E-state index is 11.8. The molecule has 0 radical (unpaired) electrons. The van der Waals surface area contributed by atoms with Gasteiger partial charge in [-0.2, -0.15) is 0 Å². The summed E-state index contributed by atoms with van der Waals surface area (Å²) in [5.41, 5.74) is 1.83. The van der Waals surface area contributed by atoms with E-state index in [0.717, 1.165) is 17.2 Å². The number of rotatable bonds is 3. The lowest BCUT2D eigenvalue weighted by Gasteiger charge is -2.16. The van der Waals surface area contributed by atoms with E-state index in [1.807, 2.05) is 42.5 Å². The normalized spacial score (nSPS) is 18.4. The molecule has 0 saturated carbocycles. The molecule has 1 N–H and O–H groups in total. The summed E-state index contributed by atoms with van der Waals surface area (Å²) >= 11 is 3.48. The van der Waals surface area contributed by atoms with Gasteiger partial charge in [0.1, 0.15) is 5.82 Å². The van der Waals surface area contributed by atoms with E-state index in [9.17, 15) is 4.79 Å². The van der Waals surface area contributed by atoms with Gasteiger partial charge in [-0.1, -0.05) is 34.1 Å². The highest BCUT2D eigenvalue weighted by Crippen LogP contribution is 2.25. The van der Waals surface area contributed by atoms with E-state index in [-0.39, 0.29) is 10.7 Å². The number of amides is 1. The molecule has 1 aromatic carbocycles. The second kappa shape index (κ2) is 5.63.